The molecule has 74 valence electrons. The number of hydrogen-bond donors (Lipinski definition) is 0. The van der Waals surface area contributed by atoms with Gasteiger partial charge in [-0.25, -0.2) is 0 Å². The molecule has 1 aliphatic heterocycles. The molecule has 2 rings (SSSR count). The Morgan fingerprint density at radius 3 is 2.85 bits per heavy atom. The fourth-order valence-corrected chi connectivity index (χ4v) is 2.49. The Morgan fingerprint density at radius 2 is 2.31 bits per heavy atom. The lowest BCUT2D eigenvalue weighted by Crippen LogP contribution is -2.37. The van der Waals surface area contributed by atoms with E-state index in [1.165, 1.54) is 0 Å². The van der Waals surface area contributed by atoms with Crippen molar-refractivity contribution in [3.05, 3.63) is 0 Å². The molecule has 1 heterocycles. The molecule has 1 amide bonds. The first kappa shape index (κ1) is 9.32. The molecule has 3 heteroatoms. The van der Waals surface area contributed by atoms with Crippen LogP contribution in [-0.4, -0.2) is 29.3 Å². The smallest absolute Gasteiger partial charge is 0.226 e. The van der Waals surface area contributed by atoms with Crippen LogP contribution in [0.5, 0.6) is 0 Å². The molecule has 3 atom stereocenters. The van der Waals surface area contributed by atoms with Crippen LogP contribution in [0.4, 0.5) is 0 Å². The molecule has 0 radical (unpaired) electrons. The second-order valence-electron chi connectivity index (χ2n) is 4.30. The van der Waals surface area contributed by atoms with Gasteiger partial charge in [0.1, 0.15) is 0 Å². The number of carbonyl (C=O) groups is 1. The van der Waals surface area contributed by atoms with Crippen LogP contribution in [0, 0.1) is 11.8 Å². The normalized spacial score (nSPS) is 38.0. The minimum atomic E-state index is 0.321. The number of amides is 1. The maximum atomic E-state index is 11.9. The minimum absolute atomic E-state index is 0.321. The number of halogens is 1. The highest BCUT2D eigenvalue weighted by Gasteiger charge is 2.43. The molecule has 1 aliphatic carbocycles. The molecule has 2 aliphatic rings. The van der Waals surface area contributed by atoms with E-state index in [0.717, 1.165) is 25.8 Å². The lowest BCUT2D eigenvalue weighted by Gasteiger charge is -2.22. The number of likely N-dealkylation sites (tertiary alicyclic amines) is 1. The summed E-state index contributed by atoms with van der Waals surface area (Å²) in [6.45, 7) is 3.08. The Balaban J connectivity index is 1.95. The molecule has 0 spiro atoms. The van der Waals surface area contributed by atoms with Crippen molar-refractivity contribution < 1.29 is 4.79 Å². The van der Waals surface area contributed by atoms with Gasteiger partial charge in [0.05, 0.1) is 0 Å². The van der Waals surface area contributed by atoms with Gasteiger partial charge < -0.3 is 4.90 Å². The summed E-state index contributed by atoms with van der Waals surface area (Å²) in [4.78, 5) is 13.9. The summed E-state index contributed by atoms with van der Waals surface area (Å²) < 4.78 is 0. The van der Waals surface area contributed by atoms with E-state index < -0.39 is 0 Å². The lowest BCUT2D eigenvalue weighted by atomic mass is 10.2. The van der Waals surface area contributed by atoms with E-state index in [-0.39, 0.29) is 0 Å². The van der Waals surface area contributed by atoms with Crippen LogP contribution in [0.1, 0.15) is 26.2 Å². The summed E-state index contributed by atoms with van der Waals surface area (Å²) in [7, 11) is 0. The van der Waals surface area contributed by atoms with Crippen molar-refractivity contribution in [3.8, 4) is 0 Å². The van der Waals surface area contributed by atoms with Gasteiger partial charge in [0.25, 0.3) is 0 Å². The molecular weight excluding hydrogens is 186 g/mol. The number of nitrogens with zero attached hydrogens (tertiary/aromatic N) is 1. The van der Waals surface area contributed by atoms with Crippen LogP contribution in [0.15, 0.2) is 0 Å². The standard InChI is InChI=1S/C10H16ClNO/c1-7-5-9(7)10(13)12-4-2-3-8(12)6-11/h7-9H,2-6H2,1H3. The van der Waals surface area contributed by atoms with Crippen molar-refractivity contribution in [2.45, 2.75) is 32.2 Å². The first-order chi connectivity index (χ1) is 6.24. The van der Waals surface area contributed by atoms with E-state index in [2.05, 4.69) is 6.92 Å². The Bertz CT molecular complexity index is 219. The number of hydrogen-bond acceptors (Lipinski definition) is 1. The zero-order valence-corrected chi connectivity index (χ0v) is 8.76. The van der Waals surface area contributed by atoms with Gasteiger partial charge in [0.15, 0.2) is 0 Å². The maximum Gasteiger partial charge on any atom is 0.226 e. The molecule has 3 unspecified atom stereocenters. The molecular formula is C10H16ClNO. The predicted octanol–water partition coefficient (Wildman–Crippen LogP) is 1.87. The van der Waals surface area contributed by atoms with Crippen molar-refractivity contribution in [2.75, 3.05) is 12.4 Å². The minimum Gasteiger partial charge on any atom is -0.338 e. The van der Waals surface area contributed by atoms with Gasteiger partial charge in [0, 0.05) is 24.4 Å². The Labute approximate surface area is 84.2 Å². The fraction of sp³-hybridized carbons (Fsp3) is 0.900. The Kier molecular flexibility index (Phi) is 2.50. The highest BCUT2D eigenvalue weighted by molar-refractivity contribution is 6.18. The van der Waals surface area contributed by atoms with Gasteiger partial charge >= 0.3 is 0 Å². The third kappa shape index (κ3) is 1.69. The Morgan fingerprint density at radius 1 is 1.62 bits per heavy atom. The average molecular weight is 202 g/mol. The molecule has 0 aromatic rings. The summed E-state index contributed by atoms with van der Waals surface area (Å²) in [6.07, 6.45) is 3.31. The number of rotatable bonds is 2. The van der Waals surface area contributed by atoms with Gasteiger partial charge in [-0.05, 0) is 25.2 Å². The van der Waals surface area contributed by atoms with Crippen LogP contribution < -0.4 is 0 Å². The predicted molar refractivity (Wildman–Crippen MR) is 52.7 cm³/mol. The summed E-state index contributed by atoms with van der Waals surface area (Å²) in [6, 6.07) is 0.321. The second-order valence-corrected chi connectivity index (χ2v) is 4.61. The largest absolute Gasteiger partial charge is 0.338 e. The van der Waals surface area contributed by atoms with Gasteiger partial charge in [-0.15, -0.1) is 11.6 Å². The van der Waals surface area contributed by atoms with Gasteiger partial charge in [0.2, 0.25) is 5.91 Å². The zero-order chi connectivity index (χ0) is 9.42. The zero-order valence-electron chi connectivity index (χ0n) is 8.00. The van der Waals surface area contributed by atoms with E-state index in [4.69, 9.17) is 11.6 Å². The quantitative estimate of drug-likeness (QED) is 0.625. The van der Waals surface area contributed by atoms with Crippen molar-refractivity contribution in [3.63, 3.8) is 0 Å². The van der Waals surface area contributed by atoms with Crippen LogP contribution in [0.3, 0.4) is 0 Å². The van der Waals surface area contributed by atoms with E-state index in [1.54, 1.807) is 0 Å². The lowest BCUT2D eigenvalue weighted by molar-refractivity contribution is -0.133. The molecule has 0 aromatic carbocycles. The molecule has 1 saturated heterocycles. The highest BCUT2D eigenvalue weighted by Crippen LogP contribution is 2.40. The van der Waals surface area contributed by atoms with Gasteiger partial charge in [-0.1, -0.05) is 6.92 Å². The van der Waals surface area contributed by atoms with E-state index in [1.807, 2.05) is 4.90 Å². The molecule has 2 fully saturated rings. The van der Waals surface area contributed by atoms with Crippen molar-refractivity contribution in [1.29, 1.82) is 0 Å². The van der Waals surface area contributed by atoms with Crippen LogP contribution in [0.2, 0.25) is 0 Å². The van der Waals surface area contributed by atoms with E-state index >= 15 is 0 Å². The first-order valence-electron chi connectivity index (χ1n) is 5.10. The second kappa shape index (κ2) is 3.49. The Hall–Kier alpha value is -0.240. The topological polar surface area (TPSA) is 20.3 Å². The average Bonchev–Trinajstić information content (AvgIpc) is 2.70. The third-order valence-corrected chi connectivity index (χ3v) is 3.62. The molecule has 1 saturated carbocycles. The van der Waals surface area contributed by atoms with E-state index in [9.17, 15) is 4.79 Å². The molecule has 0 N–H and O–H groups in total. The summed E-state index contributed by atoms with van der Waals surface area (Å²) in [5.41, 5.74) is 0. The number of carbonyl (C=O) groups excluding carboxylic acids is 1. The molecule has 0 bridgehead atoms. The van der Waals surface area contributed by atoms with Crippen molar-refractivity contribution in [1.82, 2.24) is 4.90 Å². The van der Waals surface area contributed by atoms with Crippen LogP contribution in [-0.2, 0) is 4.79 Å². The van der Waals surface area contributed by atoms with Crippen LogP contribution >= 0.6 is 11.6 Å². The molecule has 13 heavy (non-hydrogen) atoms. The van der Waals surface area contributed by atoms with Crippen molar-refractivity contribution >= 4 is 17.5 Å². The van der Waals surface area contributed by atoms with Crippen LogP contribution in [0.25, 0.3) is 0 Å². The number of alkyl halides is 1. The highest BCUT2D eigenvalue weighted by atomic mass is 35.5. The SMILES string of the molecule is CC1CC1C(=O)N1CCCC1CCl. The summed E-state index contributed by atoms with van der Waals surface area (Å²) in [5.74, 6) is 1.90. The molecule has 0 aromatic heterocycles. The van der Waals surface area contributed by atoms with Gasteiger partial charge in [-0.2, -0.15) is 0 Å². The van der Waals surface area contributed by atoms with Gasteiger partial charge in [-0.3, -0.25) is 4.79 Å². The summed E-state index contributed by atoms with van der Waals surface area (Å²) in [5, 5.41) is 0. The first-order valence-corrected chi connectivity index (χ1v) is 5.64. The molecule has 2 nitrogen and oxygen atoms in total. The third-order valence-electron chi connectivity index (χ3n) is 3.27. The maximum absolute atomic E-state index is 11.9. The fourth-order valence-electron chi connectivity index (χ4n) is 2.17. The summed E-state index contributed by atoms with van der Waals surface area (Å²) >= 11 is 5.81. The van der Waals surface area contributed by atoms with E-state index in [0.29, 0.717) is 29.7 Å². The van der Waals surface area contributed by atoms with Crippen molar-refractivity contribution in [2.24, 2.45) is 11.8 Å². The monoisotopic (exact) mass is 201 g/mol.